The number of nitrogens with one attached hydrogen (secondary N) is 1. The van der Waals surface area contributed by atoms with Crippen LogP contribution in [-0.4, -0.2) is 33.0 Å². The number of nitrogen functional groups attached to an aromatic ring is 1. The van der Waals surface area contributed by atoms with E-state index in [2.05, 4.69) is 20.3 Å². The molecule has 0 radical (unpaired) electrons. The van der Waals surface area contributed by atoms with Gasteiger partial charge in [-0.15, -0.1) is 0 Å². The summed E-state index contributed by atoms with van der Waals surface area (Å²) in [5.74, 6) is 0.368. The molecule has 2 heterocycles. The van der Waals surface area contributed by atoms with E-state index in [0.29, 0.717) is 29.2 Å². The molecule has 138 valence electrons. The first-order valence-electron chi connectivity index (χ1n) is 8.76. The van der Waals surface area contributed by atoms with Gasteiger partial charge in [-0.1, -0.05) is 12.1 Å². The SMILES string of the molecule is CCOc1nc(N)nc2ccc(-c3ccc(NC(=O)C4(N)CC4)cc3)nc12. The van der Waals surface area contributed by atoms with Crippen molar-refractivity contribution in [1.82, 2.24) is 15.0 Å². The van der Waals surface area contributed by atoms with Crippen LogP contribution in [0.3, 0.4) is 0 Å². The molecule has 5 N–H and O–H groups in total. The third-order valence-electron chi connectivity index (χ3n) is 4.49. The highest BCUT2D eigenvalue weighted by atomic mass is 16.5. The van der Waals surface area contributed by atoms with E-state index in [0.717, 1.165) is 24.1 Å². The van der Waals surface area contributed by atoms with Gasteiger partial charge in [-0.3, -0.25) is 4.79 Å². The van der Waals surface area contributed by atoms with Crippen molar-refractivity contribution in [1.29, 1.82) is 0 Å². The summed E-state index contributed by atoms with van der Waals surface area (Å²) in [6.07, 6.45) is 1.46. The topological polar surface area (TPSA) is 129 Å². The molecule has 1 aliphatic rings. The number of anilines is 2. The molecule has 1 amide bonds. The quantitative estimate of drug-likeness (QED) is 0.632. The van der Waals surface area contributed by atoms with Gasteiger partial charge in [-0.25, -0.2) is 9.97 Å². The first-order chi connectivity index (χ1) is 13.0. The van der Waals surface area contributed by atoms with E-state index in [9.17, 15) is 4.79 Å². The largest absolute Gasteiger partial charge is 0.476 e. The molecule has 4 rings (SSSR count). The van der Waals surface area contributed by atoms with Crippen LogP contribution in [0.15, 0.2) is 36.4 Å². The molecule has 0 aliphatic heterocycles. The maximum atomic E-state index is 12.0. The lowest BCUT2D eigenvalue weighted by Gasteiger charge is -2.11. The second-order valence-corrected chi connectivity index (χ2v) is 6.57. The van der Waals surface area contributed by atoms with Gasteiger partial charge in [0.25, 0.3) is 0 Å². The summed E-state index contributed by atoms with van der Waals surface area (Å²) in [6, 6.07) is 11.1. The van der Waals surface area contributed by atoms with Crippen molar-refractivity contribution < 1.29 is 9.53 Å². The first kappa shape index (κ1) is 17.2. The van der Waals surface area contributed by atoms with Crippen LogP contribution >= 0.6 is 0 Å². The summed E-state index contributed by atoms with van der Waals surface area (Å²) in [6.45, 7) is 2.32. The Morgan fingerprint density at radius 2 is 1.89 bits per heavy atom. The lowest BCUT2D eigenvalue weighted by atomic mass is 10.1. The molecular weight excluding hydrogens is 344 g/mol. The van der Waals surface area contributed by atoms with E-state index in [1.165, 1.54) is 0 Å². The molecule has 1 fully saturated rings. The third-order valence-corrected chi connectivity index (χ3v) is 4.49. The minimum Gasteiger partial charge on any atom is -0.476 e. The van der Waals surface area contributed by atoms with Crippen LogP contribution in [0.4, 0.5) is 11.6 Å². The van der Waals surface area contributed by atoms with Gasteiger partial charge in [0.15, 0.2) is 5.52 Å². The number of hydrogen-bond donors (Lipinski definition) is 3. The minimum absolute atomic E-state index is 0.143. The fraction of sp³-hybridized carbons (Fsp3) is 0.263. The van der Waals surface area contributed by atoms with E-state index in [4.69, 9.17) is 16.2 Å². The van der Waals surface area contributed by atoms with Crippen molar-refractivity contribution in [2.45, 2.75) is 25.3 Å². The number of pyridine rings is 1. The van der Waals surface area contributed by atoms with Crippen LogP contribution in [0.25, 0.3) is 22.3 Å². The Labute approximate surface area is 156 Å². The Hall–Kier alpha value is -3.26. The number of benzene rings is 1. The number of rotatable bonds is 5. The van der Waals surface area contributed by atoms with Gasteiger partial charge in [-0.05, 0) is 44.0 Å². The zero-order valence-electron chi connectivity index (χ0n) is 14.9. The van der Waals surface area contributed by atoms with Crippen LogP contribution in [0.2, 0.25) is 0 Å². The van der Waals surface area contributed by atoms with Gasteiger partial charge < -0.3 is 21.5 Å². The lowest BCUT2D eigenvalue weighted by Crippen LogP contribution is -2.37. The maximum absolute atomic E-state index is 12.0. The summed E-state index contributed by atoms with van der Waals surface area (Å²) in [5.41, 5.74) is 14.4. The average Bonchev–Trinajstić information content (AvgIpc) is 3.41. The average molecular weight is 364 g/mol. The zero-order valence-corrected chi connectivity index (χ0v) is 14.9. The number of carbonyl (C=O) groups is 1. The standard InChI is InChI=1S/C19H20N6O2/c1-2-27-16-15-14(24-18(20)25-16)8-7-13(23-15)11-3-5-12(6-4-11)22-17(26)19(21)9-10-19/h3-8H,2,9-10,21H2,1H3,(H,22,26)(H2,20,24,25). The first-order valence-corrected chi connectivity index (χ1v) is 8.76. The Morgan fingerprint density at radius 3 is 2.56 bits per heavy atom. The number of carbonyl (C=O) groups excluding carboxylic acids is 1. The fourth-order valence-corrected chi connectivity index (χ4v) is 2.74. The zero-order chi connectivity index (χ0) is 19.0. The van der Waals surface area contributed by atoms with E-state index < -0.39 is 5.54 Å². The number of nitrogens with zero attached hydrogens (tertiary/aromatic N) is 3. The molecule has 3 aromatic rings. The van der Waals surface area contributed by atoms with Crippen molar-refractivity contribution in [3.05, 3.63) is 36.4 Å². The third kappa shape index (κ3) is 3.39. The minimum atomic E-state index is -0.698. The molecule has 2 aromatic heterocycles. The van der Waals surface area contributed by atoms with Gasteiger partial charge in [0.05, 0.1) is 23.4 Å². The number of aromatic nitrogens is 3. The molecule has 0 atom stereocenters. The maximum Gasteiger partial charge on any atom is 0.245 e. The highest BCUT2D eigenvalue weighted by molar-refractivity contribution is 6.00. The highest BCUT2D eigenvalue weighted by Crippen LogP contribution is 2.33. The molecule has 1 aromatic carbocycles. The molecule has 27 heavy (non-hydrogen) atoms. The van der Waals surface area contributed by atoms with E-state index in [1.54, 1.807) is 0 Å². The van der Waals surface area contributed by atoms with Gasteiger partial charge in [0.2, 0.25) is 17.7 Å². The summed E-state index contributed by atoms with van der Waals surface area (Å²) in [7, 11) is 0. The van der Waals surface area contributed by atoms with Crippen molar-refractivity contribution in [2.24, 2.45) is 5.73 Å². The van der Waals surface area contributed by atoms with Crippen LogP contribution in [-0.2, 0) is 4.79 Å². The molecule has 1 saturated carbocycles. The van der Waals surface area contributed by atoms with Crippen molar-refractivity contribution in [3.8, 4) is 17.1 Å². The predicted octanol–water partition coefficient (Wildman–Crippen LogP) is 2.10. The molecule has 0 unspecified atom stereocenters. The fourth-order valence-electron chi connectivity index (χ4n) is 2.74. The number of hydrogen-bond acceptors (Lipinski definition) is 7. The number of ether oxygens (including phenoxy) is 1. The monoisotopic (exact) mass is 364 g/mol. The molecular formula is C19H20N6O2. The Morgan fingerprint density at radius 1 is 1.15 bits per heavy atom. The van der Waals surface area contributed by atoms with Gasteiger partial charge in [-0.2, -0.15) is 4.98 Å². The van der Waals surface area contributed by atoms with Crippen LogP contribution in [0.5, 0.6) is 5.88 Å². The molecule has 0 saturated heterocycles. The van der Waals surface area contributed by atoms with Crippen molar-refractivity contribution in [2.75, 3.05) is 17.7 Å². The lowest BCUT2D eigenvalue weighted by molar-refractivity contribution is -0.118. The molecule has 8 heteroatoms. The number of nitrogens with two attached hydrogens (primary N) is 2. The van der Waals surface area contributed by atoms with Crippen LogP contribution < -0.4 is 21.5 Å². The van der Waals surface area contributed by atoms with E-state index in [-0.39, 0.29) is 11.9 Å². The highest BCUT2D eigenvalue weighted by Gasteiger charge is 2.45. The Bertz CT molecular complexity index is 1010. The van der Waals surface area contributed by atoms with E-state index in [1.807, 2.05) is 43.3 Å². The molecule has 1 aliphatic carbocycles. The summed E-state index contributed by atoms with van der Waals surface area (Å²) < 4.78 is 5.54. The van der Waals surface area contributed by atoms with Gasteiger partial charge in [0, 0.05) is 11.3 Å². The molecule has 0 bridgehead atoms. The van der Waals surface area contributed by atoms with Gasteiger partial charge >= 0.3 is 0 Å². The summed E-state index contributed by atoms with van der Waals surface area (Å²) >= 11 is 0. The van der Waals surface area contributed by atoms with Gasteiger partial charge in [0.1, 0.15) is 0 Å². The second-order valence-electron chi connectivity index (χ2n) is 6.57. The molecule has 8 nitrogen and oxygen atoms in total. The van der Waals surface area contributed by atoms with Crippen molar-refractivity contribution in [3.63, 3.8) is 0 Å². The second kappa shape index (κ2) is 6.48. The Kier molecular flexibility index (Phi) is 4.12. The van der Waals surface area contributed by atoms with Crippen LogP contribution in [0, 0.1) is 0 Å². The van der Waals surface area contributed by atoms with Crippen molar-refractivity contribution >= 4 is 28.6 Å². The number of amides is 1. The normalized spacial score (nSPS) is 14.7. The predicted molar refractivity (Wildman–Crippen MR) is 103 cm³/mol. The molecule has 0 spiro atoms. The Balaban J connectivity index is 1.62. The number of fused-ring (bicyclic) bond motifs is 1. The smallest absolute Gasteiger partial charge is 0.245 e. The van der Waals surface area contributed by atoms with Crippen LogP contribution in [0.1, 0.15) is 19.8 Å². The van der Waals surface area contributed by atoms with E-state index >= 15 is 0 Å². The summed E-state index contributed by atoms with van der Waals surface area (Å²) in [5, 5.41) is 2.85. The summed E-state index contributed by atoms with van der Waals surface area (Å²) in [4.78, 5) is 25.0.